The number of amides is 2. The minimum atomic E-state index is -3.03. The van der Waals surface area contributed by atoms with Crippen molar-refractivity contribution in [1.82, 2.24) is 9.80 Å². The molecule has 3 heterocycles. The Kier molecular flexibility index (Phi) is 7.18. The summed E-state index contributed by atoms with van der Waals surface area (Å²) < 4.78 is 29.0. The van der Waals surface area contributed by atoms with Crippen LogP contribution >= 0.6 is 11.3 Å². The zero-order valence-electron chi connectivity index (χ0n) is 18.9. The van der Waals surface area contributed by atoms with Gasteiger partial charge in [-0.3, -0.25) is 14.5 Å². The molecule has 33 heavy (non-hydrogen) atoms. The van der Waals surface area contributed by atoms with Crippen LogP contribution in [0.4, 0.5) is 5.00 Å². The van der Waals surface area contributed by atoms with E-state index in [-0.39, 0.29) is 35.9 Å². The number of morpholine rings is 1. The monoisotopic (exact) mass is 491 g/mol. The van der Waals surface area contributed by atoms with E-state index < -0.39 is 9.84 Å². The maximum atomic E-state index is 13.4. The second-order valence-corrected chi connectivity index (χ2v) is 11.8. The van der Waals surface area contributed by atoms with Gasteiger partial charge in [0.15, 0.2) is 9.84 Å². The molecule has 0 saturated carbocycles. The van der Waals surface area contributed by atoms with E-state index >= 15 is 0 Å². The highest BCUT2D eigenvalue weighted by Crippen LogP contribution is 2.40. The van der Waals surface area contributed by atoms with Gasteiger partial charge in [-0.05, 0) is 31.5 Å². The highest BCUT2D eigenvalue weighted by molar-refractivity contribution is 7.91. The summed E-state index contributed by atoms with van der Waals surface area (Å²) in [4.78, 5) is 30.8. The molecule has 1 aromatic heterocycles. The molecule has 2 aliphatic rings. The minimum Gasteiger partial charge on any atom is -0.378 e. The first-order valence-electron chi connectivity index (χ1n) is 11.0. The van der Waals surface area contributed by atoms with Gasteiger partial charge in [0.05, 0.1) is 36.8 Å². The van der Waals surface area contributed by atoms with Crippen LogP contribution in [0, 0.1) is 6.92 Å². The number of rotatable bonds is 6. The molecule has 4 rings (SSSR count). The van der Waals surface area contributed by atoms with Gasteiger partial charge in [-0.2, -0.15) is 0 Å². The lowest BCUT2D eigenvalue weighted by Crippen LogP contribution is -2.41. The first-order chi connectivity index (χ1) is 15.7. The van der Waals surface area contributed by atoms with E-state index in [1.54, 1.807) is 16.8 Å². The maximum absolute atomic E-state index is 13.4. The number of anilines is 1. The van der Waals surface area contributed by atoms with Crippen LogP contribution in [0.1, 0.15) is 22.3 Å². The van der Waals surface area contributed by atoms with E-state index in [4.69, 9.17) is 4.74 Å². The van der Waals surface area contributed by atoms with Gasteiger partial charge in [0, 0.05) is 24.0 Å². The minimum absolute atomic E-state index is 0.0585. The molecule has 1 atom stereocenters. The standard InChI is InChI=1S/C23H29N3O5S2/c1-16-20(23(28)26-9-11-31-12-10-26)22(32-21(16)17-6-4-3-5-7-17)24-19(27)14-25(2)18-8-13-33(29,30)15-18/h3-7,18H,8-15H2,1-2H3,(H,24,27)/t18-/m1/s1. The SMILES string of the molecule is Cc1c(-c2ccccc2)sc(NC(=O)CN(C)[C@@H]2CCS(=O)(=O)C2)c1C(=O)N1CCOCC1. The average Bonchev–Trinajstić information content (AvgIpc) is 3.33. The summed E-state index contributed by atoms with van der Waals surface area (Å²) in [7, 11) is -1.27. The normalized spacial score (nSPS) is 20.2. The van der Waals surface area contributed by atoms with E-state index in [1.165, 1.54) is 11.3 Å². The predicted octanol–water partition coefficient (Wildman–Crippen LogP) is 2.25. The number of carbonyl (C=O) groups excluding carboxylic acids is 2. The van der Waals surface area contributed by atoms with Crippen LogP contribution in [0.25, 0.3) is 10.4 Å². The number of nitrogens with one attached hydrogen (secondary N) is 1. The molecule has 2 fully saturated rings. The largest absolute Gasteiger partial charge is 0.378 e. The number of benzene rings is 1. The summed E-state index contributed by atoms with van der Waals surface area (Å²) >= 11 is 1.39. The Bertz CT molecular complexity index is 1120. The van der Waals surface area contributed by atoms with Crippen LogP contribution < -0.4 is 5.32 Å². The Morgan fingerprint density at radius 1 is 1.21 bits per heavy atom. The van der Waals surface area contributed by atoms with Crippen molar-refractivity contribution in [1.29, 1.82) is 0 Å². The lowest BCUT2D eigenvalue weighted by Gasteiger charge is -2.27. The molecule has 0 unspecified atom stereocenters. The van der Waals surface area contributed by atoms with Gasteiger partial charge in [0.25, 0.3) is 5.91 Å². The Hall–Kier alpha value is -2.27. The van der Waals surface area contributed by atoms with E-state index in [1.807, 2.05) is 37.3 Å². The molecule has 2 amide bonds. The highest BCUT2D eigenvalue weighted by Gasteiger charge is 2.32. The Balaban J connectivity index is 1.58. The van der Waals surface area contributed by atoms with Gasteiger partial charge >= 0.3 is 0 Å². The molecule has 2 aliphatic heterocycles. The number of carbonyl (C=O) groups is 2. The maximum Gasteiger partial charge on any atom is 0.257 e. The molecule has 8 nitrogen and oxygen atoms in total. The third-order valence-electron chi connectivity index (χ3n) is 6.17. The number of hydrogen-bond acceptors (Lipinski definition) is 7. The number of thiophene rings is 1. The molecule has 1 N–H and O–H groups in total. The quantitative estimate of drug-likeness (QED) is 0.666. The van der Waals surface area contributed by atoms with Gasteiger partial charge in [-0.25, -0.2) is 8.42 Å². The summed E-state index contributed by atoms with van der Waals surface area (Å²) in [5.74, 6) is -0.140. The smallest absolute Gasteiger partial charge is 0.257 e. The van der Waals surface area contributed by atoms with Crippen molar-refractivity contribution < 1.29 is 22.7 Å². The van der Waals surface area contributed by atoms with Gasteiger partial charge in [0.1, 0.15) is 5.00 Å². The van der Waals surface area contributed by atoms with Crippen molar-refractivity contribution in [3.8, 4) is 10.4 Å². The fourth-order valence-corrected chi connectivity index (χ4v) is 7.32. The van der Waals surface area contributed by atoms with Crippen LogP contribution in [-0.2, 0) is 19.4 Å². The molecular formula is C23H29N3O5S2. The number of hydrogen-bond donors (Lipinski definition) is 1. The van der Waals surface area contributed by atoms with E-state index in [0.717, 1.165) is 16.0 Å². The Labute approximate surface area is 198 Å². The van der Waals surface area contributed by atoms with Crippen molar-refractivity contribution in [2.75, 3.05) is 56.7 Å². The highest BCUT2D eigenvalue weighted by atomic mass is 32.2. The zero-order chi connectivity index (χ0) is 23.6. The van der Waals surface area contributed by atoms with E-state index in [2.05, 4.69) is 5.32 Å². The molecule has 0 bridgehead atoms. The summed E-state index contributed by atoms with van der Waals surface area (Å²) in [6.07, 6.45) is 0.531. The van der Waals surface area contributed by atoms with Crippen LogP contribution in [0.15, 0.2) is 30.3 Å². The van der Waals surface area contributed by atoms with Crippen LogP contribution in [0.3, 0.4) is 0 Å². The molecule has 2 saturated heterocycles. The first-order valence-corrected chi connectivity index (χ1v) is 13.7. The van der Waals surface area contributed by atoms with Crippen LogP contribution in [-0.4, -0.2) is 87.5 Å². The summed E-state index contributed by atoms with van der Waals surface area (Å²) in [6, 6.07) is 9.64. The molecule has 10 heteroatoms. The molecule has 1 aromatic carbocycles. The van der Waals surface area contributed by atoms with E-state index in [0.29, 0.717) is 43.3 Å². The van der Waals surface area contributed by atoms with Crippen molar-refractivity contribution in [2.24, 2.45) is 0 Å². The summed E-state index contributed by atoms with van der Waals surface area (Å²) in [5, 5.41) is 3.47. The molecule has 0 spiro atoms. The van der Waals surface area contributed by atoms with Crippen molar-refractivity contribution in [3.05, 3.63) is 41.5 Å². The van der Waals surface area contributed by atoms with Gasteiger partial charge < -0.3 is 15.0 Å². The Morgan fingerprint density at radius 2 is 1.91 bits per heavy atom. The van der Waals surface area contributed by atoms with Crippen molar-refractivity contribution >= 4 is 38.0 Å². The number of nitrogens with zero attached hydrogens (tertiary/aromatic N) is 2. The fourth-order valence-electron chi connectivity index (χ4n) is 4.29. The summed E-state index contributed by atoms with van der Waals surface area (Å²) in [6.45, 7) is 4.00. The molecular weight excluding hydrogens is 462 g/mol. The third kappa shape index (κ3) is 5.46. The van der Waals surface area contributed by atoms with Crippen molar-refractivity contribution in [2.45, 2.75) is 19.4 Å². The Morgan fingerprint density at radius 3 is 2.55 bits per heavy atom. The number of sulfone groups is 1. The lowest BCUT2D eigenvalue weighted by atomic mass is 10.1. The fraction of sp³-hybridized carbons (Fsp3) is 0.478. The second-order valence-electron chi connectivity index (χ2n) is 8.55. The predicted molar refractivity (Wildman–Crippen MR) is 130 cm³/mol. The van der Waals surface area contributed by atoms with Crippen LogP contribution in [0.5, 0.6) is 0 Å². The van der Waals surface area contributed by atoms with Gasteiger partial charge in [0.2, 0.25) is 5.91 Å². The lowest BCUT2D eigenvalue weighted by molar-refractivity contribution is -0.117. The third-order valence-corrected chi connectivity index (χ3v) is 9.18. The number of likely N-dealkylation sites (N-methyl/N-ethyl adjacent to an activating group) is 1. The van der Waals surface area contributed by atoms with Gasteiger partial charge in [-0.1, -0.05) is 30.3 Å². The molecule has 0 radical (unpaired) electrons. The second kappa shape index (κ2) is 9.92. The summed E-state index contributed by atoms with van der Waals surface area (Å²) in [5.41, 5.74) is 2.35. The van der Waals surface area contributed by atoms with Crippen molar-refractivity contribution in [3.63, 3.8) is 0 Å². The zero-order valence-corrected chi connectivity index (χ0v) is 20.5. The number of ether oxygens (including phenoxy) is 1. The van der Waals surface area contributed by atoms with Crippen LogP contribution in [0.2, 0.25) is 0 Å². The topological polar surface area (TPSA) is 96.0 Å². The first kappa shape index (κ1) is 23.9. The average molecular weight is 492 g/mol. The molecule has 178 valence electrons. The molecule has 0 aliphatic carbocycles. The molecule has 2 aromatic rings. The van der Waals surface area contributed by atoms with Gasteiger partial charge in [-0.15, -0.1) is 11.3 Å². The van der Waals surface area contributed by atoms with E-state index in [9.17, 15) is 18.0 Å².